The second-order valence-corrected chi connectivity index (χ2v) is 7.42. The van der Waals surface area contributed by atoms with Gasteiger partial charge in [0.05, 0.1) is 26.0 Å². The largest absolute Gasteiger partial charge is 0.370 e. The maximum absolute atomic E-state index is 12.9. The van der Waals surface area contributed by atoms with Crippen molar-refractivity contribution in [2.24, 2.45) is 0 Å². The van der Waals surface area contributed by atoms with E-state index in [1.54, 1.807) is 18.3 Å². The molecule has 0 spiro atoms. The van der Waals surface area contributed by atoms with Gasteiger partial charge in [-0.25, -0.2) is 9.78 Å². The molecule has 30 heavy (non-hydrogen) atoms. The molecular formula is C21H28N6O3+2. The van der Waals surface area contributed by atoms with E-state index >= 15 is 0 Å². The molecule has 3 aromatic heterocycles. The first-order valence-electron chi connectivity index (χ1n) is 10.5. The lowest BCUT2D eigenvalue weighted by Crippen LogP contribution is -3.14. The molecule has 0 radical (unpaired) electrons. The number of morpholine rings is 1. The van der Waals surface area contributed by atoms with E-state index in [1.807, 2.05) is 19.1 Å². The summed E-state index contributed by atoms with van der Waals surface area (Å²) in [5.74, 6) is 0.243. The minimum Gasteiger partial charge on any atom is -0.370 e. The Hall–Kier alpha value is -3.04. The van der Waals surface area contributed by atoms with E-state index in [1.165, 1.54) is 9.30 Å². The Kier molecular flexibility index (Phi) is 6.20. The minimum absolute atomic E-state index is 0.208. The molecule has 0 atom stereocenters. The summed E-state index contributed by atoms with van der Waals surface area (Å²) in [5, 5.41) is 6.49. The van der Waals surface area contributed by atoms with Gasteiger partial charge in [-0.1, -0.05) is 11.1 Å². The van der Waals surface area contributed by atoms with Crippen LogP contribution >= 0.6 is 0 Å². The van der Waals surface area contributed by atoms with Gasteiger partial charge in [0.25, 0.3) is 11.6 Å². The summed E-state index contributed by atoms with van der Waals surface area (Å²) in [6, 6.07) is 7.09. The number of fused-ring (bicyclic) bond motifs is 2. The number of amides is 1. The zero-order valence-corrected chi connectivity index (χ0v) is 17.2. The predicted molar refractivity (Wildman–Crippen MR) is 113 cm³/mol. The zero-order chi connectivity index (χ0) is 20.9. The number of aromatic nitrogens is 3. The first kappa shape index (κ1) is 20.2. The maximum atomic E-state index is 12.9. The van der Waals surface area contributed by atoms with Crippen molar-refractivity contribution in [3.05, 3.63) is 46.4 Å². The van der Waals surface area contributed by atoms with Crippen LogP contribution < -0.4 is 26.1 Å². The van der Waals surface area contributed by atoms with Crippen LogP contribution in [0.5, 0.6) is 0 Å². The molecule has 0 bridgehead atoms. The highest BCUT2D eigenvalue weighted by Gasteiger charge is 2.21. The molecule has 4 N–H and O–H groups in total. The van der Waals surface area contributed by atoms with E-state index in [0.717, 1.165) is 39.3 Å². The molecule has 0 saturated carbocycles. The second-order valence-electron chi connectivity index (χ2n) is 7.42. The first-order valence-corrected chi connectivity index (χ1v) is 10.5. The number of hydrogen-bond donors (Lipinski definition) is 3. The summed E-state index contributed by atoms with van der Waals surface area (Å²) < 4.78 is 6.92. The fourth-order valence-electron chi connectivity index (χ4n) is 3.76. The molecule has 9 nitrogen and oxygen atoms in total. The minimum atomic E-state index is -0.245. The van der Waals surface area contributed by atoms with Gasteiger partial charge in [-0.2, -0.15) is 4.40 Å². The Labute approximate surface area is 174 Å². The van der Waals surface area contributed by atoms with Crippen LogP contribution in [0, 0.1) is 0 Å². The third-order valence-electron chi connectivity index (χ3n) is 5.36. The summed E-state index contributed by atoms with van der Waals surface area (Å²) in [7, 11) is 0. The average Bonchev–Trinajstić information content (AvgIpc) is 2.77. The van der Waals surface area contributed by atoms with Crippen LogP contribution in [0.2, 0.25) is 0 Å². The summed E-state index contributed by atoms with van der Waals surface area (Å²) in [6.07, 6.45) is 2.65. The number of quaternary nitrogens is 1. The normalized spacial score (nSPS) is 14.8. The fraction of sp³-hybridized carbons (Fsp3) is 0.429. The lowest BCUT2D eigenvalue weighted by molar-refractivity contribution is -0.908. The van der Waals surface area contributed by atoms with Crippen molar-refractivity contribution in [3.8, 4) is 0 Å². The number of nitrogens with zero attached hydrogens (tertiary/aromatic N) is 2. The number of H-pyrrole nitrogens is 1. The van der Waals surface area contributed by atoms with Crippen LogP contribution in [0.3, 0.4) is 0 Å². The molecule has 0 unspecified atom stereocenters. The summed E-state index contributed by atoms with van der Waals surface area (Å²) in [4.78, 5) is 34.9. The smallest absolute Gasteiger partial charge is 0.325 e. The van der Waals surface area contributed by atoms with Gasteiger partial charge in [0.15, 0.2) is 0 Å². The molecule has 0 aliphatic carbocycles. The van der Waals surface area contributed by atoms with Gasteiger partial charge < -0.3 is 20.3 Å². The molecule has 1 fully saturated rings. The Morgan fingerprint density at radius 1 is 1.33 bits per heavy atom. The van der Waals surface area contributed by atoms with Gasteiger partial charge in [-0.05, 0) is 19.1 Å². The number of pyridine rings is 2. The van der Waals surface area contributed by atoms with Crippen LogP contribution in [-0.4, -0.2) is 61.2 Å². The Balaban J connectivity index is 1.62. The van der Waals surface area contributed by atoms with Crippen molar-refractivity contribution in [2.45, 2.75) is 13.3 Å². The van der Waals surface area contributed by atoms with Crippen LogP contribution in [0.15, 0.2) is 35.3 Å². The Morgan fingerprint density at radius 2 is 2.17 bits per heavy atom. The maximum Gasteiger partial charge on any atom is 0.325 e. The standard InChI is InChI=1S/C21H26N6O3/c1-2-22-20(28)15-14-16-19(24-17-6-3-4-9-27(17)21(16)29)25-18(15)23-7-5-8-26-10-12-30-13-11-26/h3-4,6,9,14H,2,5,7-8,10-13H2,1H3,(H,22,28)(H,23,25)/p+2. The number of rotatable bonds is 7. The molecular weight excluding hydrogens is 384 g/mol. The van der Waals surface area contributed by atoms with Crippen LogP contribution in [0.25, 0.3) is 16.7 Å². The van der Waals surface area contributed by atoms with Gasteiger partial charge in [0.2, 0.25) is 11.5 Å². The highest BCUT2D eigenvalue weighted by atomic mass is 16.5. The van der Waals surface area contributed by atoms with E-state index in [4.69, 9.17) is 4.74 Å². The van der Waals surface area contributed by atoms with E-state index in [0.29, 0.717) is 41.2 Å². The molecule has 4 rings (SSSR count). The van der Waals surface area contributed by atoms with Crippen molar-refractivity contribution in [2.75, 3.05) is 51.3 Å². The highest BCUT2D eigenvalue weighted by Crippen LogP contribution is 2.17. The lowest BCUT2D eigenvalue weighted by atomic mass is 10.2. The lowest BCUT2D eigenvalue weighted by Gasteiger charge is -2.23. The summed E-state index contributed by atoms with van der Waals surface area (Å²) in [6.45, 7) is 7.79. The van der Waals surface area contributed by atoms with Gasteiger partial charge in [-0.3, -0.25) is 4.79 Å². The SMILES string of the molecule is CCNC(=O)c1cc2c(=O)n3ccccc3[nH+]c2nc1NCCC[NH+]1CCOCC1. The molecule has 1 saturated heterocycles. The first-order chi connectivity index (χ1) is 14.7. The van der Waals surface area contributed by atoms with E-state index in [2.05, 4.69) is 20.6 Å². The highest BCUT2D eigenvalue weighted by molar-refractivity contribution is 6.01. The molecule has 1 amide bonds. The van der Waals surface area contributed by atoms with Gasteiger partial charge in [-0.15, -0.1) is 0 Å². The van der Waals surface area contributed by atoms with E-state index < -0.39 is 0 Å². The van der Waals surface area contributed by atoms with E-state index in [-0.39, 0.29) is 11.5 Å². The number of carbonyl (C=O) groups excluding carboxylic acids is 1. The summed E-state index contributed by atoms with van der Waals surface area (Å²) >= 11 is 0. The zero-order valence-electron chi connectivity index (χ0n) is 17.2. The van der Waals surface area contributed by atoms with Crippen LogP contribution in [-0.2, 0) is 4.74 Å². The number of nitrogens with one attached hydrogen (secondary N) is 4. The number of aromatic amines is 1. The van der Waals surface area contributed by atoms with Gasteiger partial charge in [0.1, 0.15) is 24.0 Å². The average molecular weight is 412 g/mol. The molecule has 3 aromatic rings. The van der Waals surface area contributed by atoms with Crippen molar-refractivity contribution in [1.29, 1.82) is 0 Å². The molecule has 4 heterocycles. The van der Waals surface area contributed by atoms with E-state index in [9.17, 15) is 9.59 Å². The molecule has 1 aliphatic rings. The quantitative estimate of drug-likeness (QED) is 0.346. The monoisotopic (exact) mass is 412 g/mol. The number of hydrogen-bond acceptors (Lipinski definition) is 5. The number of carbonyl (C=O) groups is 1. The molecule has 0 aromatic carbocycles. The van der Waals surface area contributed by atoms with Crippen molar-refractivity contribution >= 4 is 28.4 Å². The Morgan fingerprint density at radius 3 is 2.97 bits per heavy atom. The van der Waals surface area contributed by atoms with Crippen molar-refractivity contribution in [3.63, 3.8) is 0 Å². The van der Waals surface area contributed by atoms with Crippen molar-refractivity contribution in [1.82, 2.24) is 14.7 Å². The fourth-order valence-corrected chi connectivity index (χ4v) is 3.76. The van der Waals surface area contributed by atoms with Crippen molar-refractivity contribution < 1.29 is 19.4 Å². The topological polar surface area (TPSA) is 103 Å². The molecule has 9 heteroatoms. The third kappa shape index (κ3) is 4.27. The number of ether oxygens (including phenoxy) is 1. The van der Waals surface area contributed by atoms with Crippen LogP contribution in [0.1, 0.15) is 23.7 Å². The second kappa shape index (κ2) is 9.19. The van der Waals surface area contributed by atoms with Crippen LogP contribution in [0.4, 0.5) is 5.82 Å². The third-order valence-corrected chi connectivity index (χ3v) is 5.36. The number of anilines is 1. The molecule has 158 valence electrons. The predicted octanol–water partition coefficient (Wildman–Crippen LogP) is -0.871. The van der Waals surface area contributed by atoms with Gasteiger partial charge in [0, 0.05) is 25.6 Å². The Bertz CT molecular complexity index is 1110. The summed E-state index contributed by atoms with van der Waals surface area (Å²) in [5.41, 5.74) is 1.28. The van der Waals surface area contributed by atoms with Gasteiger partial charge >= 0.3 is 5.56 Å². The molecule has 1 aliphatic heterocycles.